The molecule has 5 heteroatoms. The SMILES string of the molecule is C=CC=C(C=C)c1cc(C(OC(C)(C)C)C(=O)O)c(-c2ccc3c(c2)CCCO3)s1. The Labute approximate surface area is 182 Å². The van der Waals surface area contributed by atoms with Gasteiger partial charge in [-0.05, 0) is 74.6 Å². The quantitative estimate of drug-likeness (QED) is 0.520. The van der Waals surface area contributed by atoms with Crippen LogP contribution in [0, 0.1) is 0 Å². The van der Waals surface area contributed by atoms with Crippen molar-refractivity contribution in [2.45, 2.75) is 45.3 Å². The van der Waals surface area contributed by atoms with Crippen molar-refractivity contribution in [3.8, 4) is 16.2 Å². The van der Waals surface area contributed by atoms with Crippen LogP contribution in [0.5, 0.6) is 5.75 Å². The Hall–Kier alpha value is -2.63. The molecule has 0 bridgehead atoms. The van der Waals surface area contributed by atoms with E-state index in [-0.39, 0.29) is 0 Å². The fraction of sp³-hybridized carbons (Fsp3) is 0.320. The molecule has 1 aromatic carbocycles. The molecule has 0 saturated carbocycles. The minimum absolute atomic E-state index is 0.607. The van der Waals surface area contributed by atoms with Crippen LogP contribution in [0.4, 0.5) is 0 Å². The lowest BCUT2D eigenvalue weighted by molar-refractivity contribution is -0.160. The molecule has 3 rings (SSSR count). The highest BCUT2D eigenvalue weighted by atomic mass is 32.1. The smallest absolute Gasteiger partial charge is 0.337 e. The second-order valence-corrected chi connectivity index (χ2v) is 9.23. The summed E-state index contributed by atoms with van der Waals surface area (Å²) in [5, 5.41) is 9.97. The van der Waals surface area contributed by atoms with Gasteiger partial charge in [0.2, 0.25) is 0 Å². The predicted molar refractivity (Wildman–Crippen MR) is 123 cm³/mol. The molecule has 0 fully saturated rings. The lowest BCUT2D eigenvalue weighted by atomic mass is 9.99. The Morgan fingerprint density at radius 3 is 2.70 bits per heavy atom. The van der Waals surface area contributed by atoms with Crippen molar-refractivity contribution in [2.75, 3.05) is 6.61 Å². The molecule has 1 aliphatic heterocycles. The second kappa shape index (κ2) is 9.02. The van der Waals surface area contributed by atoms with Gasteiger partial charge in [-0.15, -0.1) is 11.3 Å². The van der Waals surface area contributed by atoms with Crippen LogP contribution in [0.2, 0.25) is 0 Å². The molecule has 1 atom stereocenters. The van der Waals surface area contributed by atoms with E-state index in [1.54, 1.807) is 12.2 Å². The van der Waals surface area contributed by atoms with Gasteiger partial charge in [0, 0.05) is 15.3 Å². The van der Waals surface area contributed by atoms with E-state index in [9.17, 15) is 9.90 Å². The van der Waals surface area contributed by atoms with E-state index >= 15 is 0 Å². The molecule has 1 unspecified atom stereocenters. The Kier molecular flexibility index (Phi) is 6.64. The van der Waals surface area contributed by atoms with Gasteiger partial charge in [-0.3, -0.25) is 0 Å². The van der Waals surface area contributed by atoms with Gasteiger partial charge < -0.3 is 14.6 Å². The summed E-state index contributed by atoms with van der Waals surface area (Å²) in [4.78, 5) is 14.0. The summed E-state index contributed by atoms with van der Waals surface area (Å²) in [5.74, 6) is -0.105. The molecule has 0 amide bonds. The topological polar surface area (TPSA) is 55.8 Å². The first-order valence-corrected chi connectivity index (χ1v) is 10.8. The molecule has 2 aromatic rings. The number of thiophene rings is 1. The number of hydrogen-bond acceptors (Lipinski definition) is 4. The zero-order chi connectivity index (χ0) is 21.9. The molecule has 0 saturated heterocycles. The van der Waals surface area contributed by atoms with Gasteiger partial charge in [0.15, 0.2) is 6.10 Å². The normalized spacial score (nSPS) is 15.1. The lowest BCUT2D eigenvalue weighted by Gasteiger charge is -2.25. The summed E-state index contributed by atoms with van der Waals surface area (Å²) in [7, 11) is 0. The van der Waals surface area contributed by atoms with E-state index in [4.69, 9.17) is 9.47 Å². The van der Waals surface area contributed by atoms with Gasteiger partial charge in [0.1, 0.15) is 5.75 Å². The minimum atomic E-state index is -1.08. The van der Waals surface area contributed by atoms with Gasteiger partial charge in [-0.2, -0.15) is 0 Å². The molecule has 2 heterocycles. The maximum absolute atomic E-state index is 12.2. The van der Waals surface area contributed by atoms with Crippen LogP contribution in [-0.4, -0.2) is 23.3 Å². The van der Waals surface area contributed by atoms with Crippen molar-refractivity contribution in [3.05, 3.63) is 71.7 Å². The van der Waals surface area contributed by atoms with Crippen LogP contribution < -0.4 is 4.74 Å². The Balaban J connectivity index is 2.18. The monoisotopic (exact) mass is 424 g/mol. The number of aryl methyl sites for hydroxylation is 1. The van der Waals surface area contributed by atoms with Crippen molar-refractivity contribution in [2.24, 2.45) is 0 Å². The zero-order valence-corrected chi connectivity index (χ0v) is 18.6. The largest absolute Gasteiger partial charge is 0.493 e. The van der Waals surface area contributed by atoms with Crippen LogP contribution >= 0.6 is 11.3 Å². The fourth-order valence-corrected chi connectivity index (χ4v) is 4.65. The number of ether oxygens (including phenoxy) is 2. The summed E-state index contributed by atoms with van der Waals surface area (Å²) in [5.41, 5.74) is 3.05. The molecule has 1 aliphatic rings. The average molecular weight is 425 g/mol. The number of fused-ring (bicyclic) bond motifs is 1. The van der Waals surface area contributed by atoms with E-state index in [1.165, 1.54) is 11.3 Å². The van der Waals surface area contributed by atoms with Gasteiger partial charge in [0.25, 0.3) is 0 Å². The second-order valence-electron chi connectivity index (χ2n) is 8.18. The van der Waals surface area contributed by atoms with E-state index in [0.717, 1.165) is 51.7 Å². The predicted octanol–water partition coefficient (Wildman–Crippen LogP) is 6.44. The summed E-state index contributed by atoms with van der Waals surface area (Å²) in [6.07, 6.45) is 6.17. The number of hydrogen-bond donors (Lipinski definition) is 1. The van der Waals surface area contributed by atoms with Crippen molar-refractivity contribution in [1.82, 2.24) is 0 Å². The molecule has 0 aliphatic carbocycles. The third-order valence-corrected chi connectivity index (χ3v) is 5.96. The highest BCUT2D eigenvalue weighted by Gasteiger charge is 2.31. The highest BCUT2D eigenvalue weighted by Crippen LogP contribution is 2.43. The number of carbonyl (C=O) groups is 1. The van der Waals surface area contributed by atoms with Crippen LogP contribution in [0.15, 0.2) is 55.7 Å². The molecule has 1 N–H and O–H groups in total. The first-order chi connectivity index (χ1) is 14.2. The first kappa shape index (κ1) is 22.1. The minimum Gasteiger partial charge on any atom is -0.493 e. The standard InChI is InChI=1S/C25H28O4S/c1-6-9-16(7-2)21-15-19(22(24(26)27)29-25(3,4)5)23(30-21)18-11-12-20-17(14-18)10-8-13-28-20/h6-7,9,11-12,14-15,22H,1-2,8,10,13H2,3-5H3,(H,26,27). The third-order valence-electron chi connectivity index (χ3n) is 4.71. The zero-order valence-electron chi connectivity index (χ0n) is 17.7. The molecule has 30 heavy (non-hydrogen) atoms. The van der Waals surface area contributed by atoms with Crippen LogP contribution in [0.3, 0.4) is 0 Å². The number of aliphatic carboxylic acids is 1. The summed E-state index contributed by atoms with van der Waals surface area (Å²) in [6, 6.07) is 7.97. The van der Waals surface area contributed by atoms with Crippen LogP contribution in [-0.2, 0) is 16.0 Å². The molecule has 0 radical (unpaired) electrons. The number of carboxylic acids is 1. The third kappa shape index (κ3) is 4.91. The van der Waals surface area contributed by atoms with Crippen molar-refractivity contribution in [3.63, 3.8) is 0 Å². The summed E-state index contributed by atoms with van der Waals surface area (Å²) >= 11 is 1.54. The Bertz CT molecular complexity index is 991. The van der Waals surface area contributed by atoms with Crippen LogP contribution in [0.25, 0.3) is 16.0 Å². The van der Waals surface area contributed by atoms with E-state index in [0.29, 0.717) is 5.56 Å². The summed E-state index contributed by atoms with van der Waals surface area (Å²) in [6.45, 7) is 14.0. The summed E-state index contributed by atoms with van der Waals surface area (Å²) < 4.78 is 11.7. The molecule has 4 nitrogen and oxygen atoms in total. The number of carboxylic acid groups (broad SMARTS) is 1. The molecule has 0 spiro atoms. The van der Waals surface area contributed by atoms with E-state index in [1.807, 2.05) is 45.0 Å². The number of rotatable bonds is 7. The fourth-order valence-electron chi connectivity index (χ4n) is 3.45. The van der Waals surface area contributed by atoms with Gasteiger partial charge >= 0.3 is 5.97 Å². The molecule has 1 aromatic heterocycles. The van der Waals surface area contributed by atoms with Crippen molar-refractivity contribution in [1.29, 1.82) is 0 Å². The maximum Gasteiger partial charge on any atom is 0.337 e. The van der Waals surface area contributed by atoms with Gasteiger partial charge in [0.05, 0.1) is 12.2 Å². The van der Waals surface area contributed by atoms with Crippen LogP contribution in [0.1, 0.15) is 49.3 Å². The number of allylic oxidation sites excluding steroid dienone is 4. The van der Waals surface area contributed by atoms with Gasteiger partial charge in [-0.25, -0.2) is 4.79 Å². The highest BCUT2D eigenvalue weighted by molar-refractivity contribution is 7.16. The average Bonchev–Trinajstić information content (AvgIpc) is 3.13. The van der Waals surface area contributed by atoms with Gasteiger partial charge in [-0.1, -0.05) is 31.4 Å². The molecule has 158 valence electrons. The molecular weight excluding hydrogens is 396 g/mol. The maximum atomic E-state index is 12.2. The van der Waals surface area contributed by atoms with Crippen molar-refractivity contribution < 1.29 is 19.4 Å². The van der Waals surface area contributed by atoms with Crippen molar-refractivity contribution >= 4 is 22.9 Å². The Morgan fingerprint density at radius 1 is 1.30 bits per heavy atom. The van der Waals surface area contributed by atoms with E-state index < -0.39 is 17.7 Å². The first-order valence-electron chi connectivity index (χ1n) is 9.99. The van der Waals surface area contributed by atoms with E-state index in [2.05, 4.69) is 19.2 Å². The Morgan fingerprint density at radius 2 is 2.07 bits per heavy atom. The lowest BCUT2D eigenvalue weighted by Crippen LogP contribution is -2.27. The number of benzene rings is 1. The molecular formula is C25H28O4S.